The highest BCUT2D eigenvalue weighted by Crippen LogP contribution is 2.35. The maximum atomic E-state index is 9.54. The summed E-state index contributed by atoms with van der Waals surface area (Å²) in [7, 11) is 0. The fraction of sp³-hybridized carbons (Fsp3) is 1.00. The van der Waals surface area contributed by atoms with E-state index in [4.69, 9.17) is 5.73 Å². The zero-order chi connectivity index (χ0) is 10.7. The monoisotopic (exact) mass is 212 g/mol. The Morgan fingerprint density at radius 1 is 1.20 bits per heavy atom. The maximum Gasteiger partial charge on any atom is 0.0789 e. The smallest absolute Gasteiger partial charge is 0.0789 e. The van der Waals surface area contributed by atoms with Crippen LogP contribution in [-0.4, -0.2) is 42.3 Å². The quantitative estimate of drug-likeness (QED) is 0.728. The molecule has 3 unspecified atom stereocenters. The van der Waals surface area contributed by atoms with Crippen LogP contribution in [0.15, 0.2) is 0 Å². The molecule has 0 amide bonds. The van der Waals surface area contributed by atoms with Gasteiger partial charge in [-0.1, -0.05) is 19.3 Å². The predicted octanol–water partition coefficient (Wildman–Crippen LogP) is 0.818. The van der Waals surface area contributed by atoms with Crippen LogP contribution in [0, 0.1) is 11.8 Å². The average molecular weight is 212 g/mol. The number of hydrogen-bond acceptors (Lipinski definition) is 3. The van der Waals surface area contributed by atoms with E-state index in [9.17, 15) is 5.11 Å². The number of nitrogens with two attached hydrogens (primary N) is 1. The molecule has 3 heteroatoms. The van der Waals surface area contributed by atoms with Crippen LogP contribution in [0.3, 0.4) is 0 Å². The zero-order valence-corrected chi connectivity index (χ0v) is 9.57. The molecule has 0 bridgehead atoms. The highest BCUT2D eigenvalue weighted by atomic mass is 16.3. The number of nitrogens with zero attached hydrogens (tertiary/aromatic N) is 1. The highest BCUT2D eigenvalue weighted by molar-refractivity contribution is 4.84. The normalized spacial score (nSPS) is 34.8. The lowest BCUT2D eigenvalue weighted by Crippen LogP contribution is -2.46. The number of aliphatic hydroxyl groups is 1. The predicted molar refractivity (Wildman–Crippen MR) is 61.6 cm³/mol. The molecule has 2 fully saturated rings. The van der Waals surface area contributed by atoms with Crippen molar-refractivity contribution in [3.63, 3.8) is 0 Å². The van der Waals surface area contributed by atoms with Crippen molar-refractivity contribution < 1.29 is 5.11 Å². The van der Waals surface area contributed by atoms with Gasteiger partial charge in [0.2, 0.25) is 0 Å². The van der Waals surface area contributed by atoms with Crippen molar-refractivity contribution in [3.8, 4) is 0 Å². The van der Waals surface area contributed by atoms with Gasteiger partial charge in [-0.3, -0.25) is 0 Å². The lowest BCUT2D eigenvalue weighted by molar-refractivity contribution is 0.0491. The molecule has 1 saturated heterocycles. The van der Waals surface area contributed by atoms with Gasteiger partial charge in [-0.05, 0) is 31.2 Å². The molecule has 0 radical (unpaired) electrons. The van der Waals surface area contributed by atoms with Crippen molar-refractivity contribution in [2.24, 2.45) is 17.6 Å². The van der Waals surface area contributed by atoms with Crippen LogP contribution in [0.5, 0.6) is 0 Å². The van der Waals surface area contributed by atoms with E-state index in [0.717, 1.165) is 24.9 Å². The van der Waals surface area contributed by atoms with Crippen LogP contribution in [0.4, 0.5) is 0 Å². The number of rotatable bonds is 3. The largest absolute Gasteiger partial charge is 0.390 e. The van der Waals surface area contributed by atoms with Gasteiger partial charge >= 0.3 is 0 Å². The minimum absolute atomic E-state index is 0.329. The third-order valence-electron chi connectivity index (χ3n) is 4.12. The molecule has 15 heavy (non-hydrogen) atoms. The fourth-order valence-corrected chi connectivity index (χ4v) is 3.21. The van der Waals surface area contributed by atoms with Gasteiger partial charge in [0.05, 0.1) is 6.10 Å². The first-order valence-corrected chi connectivity index (χ1v) is 6.40. The van der Waals surface area contributed by atoms with Gasteiger partial charge < -0.3 is 15.7 Å². The van der Waals surface area contributed by atoms with Crippen molar-refractivity contribution in [2.45, 2.75) is 38.2 Å². The minimum atomic E-state index is -0.329. The van der Waals surface area contributed by atoms with Crippen molar-refractivity contribution >= 4 is 0 Å². The van der Waals surface area contributed by atoms with Crippen LogP contribution >= 0.6 is 0 Å². The van der Waals surface area contributed by atoms with E-state index < -0.39 is 0 Å². The van der Waals surface area contributed by atoms with Crippen molar-refractivity contribution in [1.82, 2.24) is 4.90 Å². The van der Waals surface area contributed by atoms with E-state index in [0.29, 0.717) is 6.54 Å². The van der Waals surface area contributed by atoms with Crippen molar-refractivity contribution in [2.75, 3.05) is 26.2 Å². The summed E-state index contributed by atoms with van der Waals surface area (Å²) in [5.41, 5.74) is 5.44. The lowest BCUT2D eigenvalue weighted by Gasteiger charge is -2.41. The van der Waals surface area contributed by atoms with Crippen molar-refractivity contribution in [1.29, 1.82) is 0 Å². The Labute approximate surface area is 92.6 Å². The van der Waals surface area contributed by atoms with Gasteiger partial charge in [-0.2, -0.15) is 0 Å². The number of fused-ring (bicyclic) bond motifs is 1. The number of piperidine rings is 1. The summed E-state index contributed by atoms with van der Waals surface area (Å²) in [6, 6.07) is 0. The molecule has 0 spiro atoms. The summed E-state index contributed by atoms with van der Waals surface area (Å²) in [6.45, 7) is 3.53. The van der Waals surface area contributed by atoms with Crippen LogP contribution < -0.4 is 5.73 Å². The van der Waals surface area contributed by atoms with E-state index in [1.54, 1.807) is 0 Å². The molecule has 0 aromatic carbocycles. The summed E-state index contributed by atoms with van der Waals surface area (Å²) >= 11 is 0. The molecular weight excluding hydrogens is 188 g/mol. The Hall–Kier alpha value is -0.120. The van der Waals surface area contributed by atoms with Crippen molar-refractivity contribution in [3.05, 3.63) is 0 Å². The Balaban J connectivity index is 1.80. The number of hydrogen-bond donors (Lipinski definition) is 2. The molecule has 1 aliphatic heterocycles. The highest BCUT2D eigenvalue weighted by Gasteiger charge is 2.31. The molecule has 0 aromatic rings. The molecule has 1 heterocycles. The zero-order valence-electron chi connectivity index (χ0n) is 9.57. The molecule has 1 saturated carbocycles. The van der Waals surface area contributed by atoms with Gasteiger partial charge in [-0.25, -0.2) is 0 Å². The summed E-state index contributed by atoms with van der Waals surface area (Å²) in [5.74, 6) is 1.88. The first-order chi connectivity index (χ1) is 7.29. The number of β-amino-alcohol motifs (C(OH)–C–C–N with tert-alkyl or cyclic N) is 1. The number of likely N-dealkylation sites (tertiary alicyclic amines) is 1. The molecule has 3 N–H and O–H groups in total. The fourth-order valence-electron chi connectivity index (χ4n) is 3.21. The molecule has 2 aliphatic rings. The summed E-state index contributed by atoms with van der Waals surface area (Å²) in [4.78, 5) is 2.41. The second-order valence-electron chi connectivity index (χ2n) is 5.24. The van der Waals surface area contributed by atoms with E-state index in [1.807, 2.05) is 0 Å². The first kappa shape index (κ1) is 11.4. The third-order valence-corrected chi connectivity index (χ3v) is 4.12. The van der Waals surface area contributed by atoms with Gasteiger partial charge in [0.1, 0.15) is 0 Å². The summed E-state index contributed by atoms with van der Waals surface area (Å²) < 4.78 is 0. The second kappa shape index (κ2) is 5.28. The molecule has 0 aromatic heterocycles. The average Bonchev–Trinajstić information content (AvgIpc) is 2.29. The second-order valence-corrected chi connectivity index (χ2v) is 5.24. The summed E-state index contributed by atoms with van der Waals surface area (Å²) in [6.07, 6.45) is 6.70. The topological polar surface area (TPSA) is 49.5 Å². The van der Waals surface area contributed by atoms with Gasteiger partial charge in [0.15, 0.2) is 0 Å². The van der Waals surface area contributed by atoms with Gasteiger partial charge in [0.25, 0.3) is 0 Å². The lowest BCUT2D eigenvalue weighted by atomic mass is 9.75. The molecular formula is C12H24N2O. The molecule has 88 valence electrons. The molecule has 3 atom stereocenters. The van der Waals surface area contributed by atoms with E-state index >= 15 is 0 Å². The van der Waals surface area contributed by atoms with Crippen LogP contribution in [0.1, 0.15) is 32.1 Å². The Morgan fingerprint density at radius 2 is 1.93 bits per heavy atom. The van der Waals surface area contributed by atoms with Crippen LogP contribution in [0.2, 0.25) is 0 Å². The van der Waals surface area contributed by atoms with Crippen LogP contribution in [-0.2, 0) is 0 Å². The molecule has 1 aliphatic carbocycles. The van der Waals surface area contributed by atoms with E-state index in [-0.39, 0.29) is 6.10 Å². The van der Waals surface area contributed by atoms with Crippen LogP contribution in [0.25, 0.3) is 0 Å². The minimum Gasteiger partial charge on any atom is -0.390 e. The molecule has 3 nitrogen and oxygen atoms in total. The third kappa shape index (κ3) is 2.92. The maximum absolute atomic E-state index is 9.54. The molecule has 2 rings (SSSR count). The Bertz CT molecular complexity index is 198. The Morgan fingerprint density at radius 3 is 2.67 bits per heavy atom. The standard InChI is InChI=1S/C12H24N2O/c13-7-12(15)9-14-6-5-10-3-1-2-4-11(10)8-14/h10-12,15H,1-9,13H2. The van der Waals surface area contributed by atoms with Gasteiger partial charge in [-0.15, -0.1) is 0 Å². The van der Waals surface area contributed by atoms with E-state index in [2.05, 4.69) is 4.90 Å². The van der Waals surface area contributed by atoms with E-state index in [1.165, 1.54) is 38.6 Å². The summed E-state index contributed by atoms with van der Waals surface area (Å²) in [5, 5.41) is 9.54. The number of aliphatic hydroxyl groups excluding tert-OH is 1. The first-order valence-electron chi connectivity index (χ1n) is 6.40. The Kier molecular flexibility index (Phi) is 4.00. The SMILES string of the molecule is NCC(O)CN1CCC2CCCCC2C1. The van der Waals surface area contributed by atoms with Gasteiger partial charge in [0, 0.05) is 19.6 Å².